The minimum atomic E-state index is -0.00373. The molecule has 1 aliphatic rings. The van der Waals surface area contributed by atoms with Gasteiger partial charge in [0.05, 0.1) is 6.20 Å². The molecule has 0 aliphatic carbocycles. The number of amides is 1. The van der Waals surface area contributed by atoms with Crippen molar-refractivity contribution in [1.82, 2.24) is 15.3 Å². The van der Waals surface area contributed by atoms with Crippen LogP contribution in [-0.4, -0.2) is 35.5 Å². The Morgan fingerprint density at radius 2 is 1.68 bits per heavy atom. The molecule has 1 fully saturated rings. The van der Waals surface area contributed by atoms with E-state index in [1.807, 2.05) is 42.5 Å². The van der Waals surface area contributed by atoms with Crippen LogP contribution in [0.25, 0.3) is 11.1 Å². The lowest BCUT2D eigenvalue weighted by Crippen LogP contribution is -2.39. The summed E-state index contributed by atoms with van der Waals surface area (Å²) in [6.07, 6.45) is 7.32. The lowest BCUT2D eigenvalue weighted by atomic mass is 9.96. The summed E-state index contributed by atoms with van der Waals surface area (Å²) in [6, 6.07) is 18.0. The van der Waals surface area contributed by atoms with E-state index in [1.165, 1.54) is 0 Å². The number of anilines is 1. The van der Waals surface area contributed by atoms with Crippen LogP contribution >= 0.6 is 0 Å². The molecule has 1 N–H and O–H groups in total. The van der Waals surface area contributed by atoms with E-state index in [1.54, 1.807) is 18.6 Å². The second kappa shape index (κ2) is 8.65. The van der Waals surface area contributed by atoms with Crippen LogP contribution in [0.4, 0.5) is 5.82 Å². The monoisotopic (exact) mass is 372 g/mol. The van der Waals surface area contributed by atoms with Crippen molar-refractivity contribution >= 4 is 11.7 Å². The number of piperidine rings is 1. The first-order valence-electron chi connectivity index (χ1n) is 9.74. The molecule has 0 radical (unpaired) electrons. The van der Waals surface area contributed by atoms with Crippen molar-refractivity contribution in [3.63, 3.8) is 0 Å². The number of carbonyl (C=O) groups excluding carboxylic acids is 1. The summed E-state index contributed by atoms with van der Waals surface area (Å²) in [6.45, 7) is 2.61. The standard InChI is InChI=1S/C23H24N4O/c28-23(21-8-6-20(7-9-21)19-4-2-1-3-5-19)26-16-18-10-14-27(15-11-18)22-17-24-12-13-25-22/h1-9,12-13,17-18H,10-11,14-16H2,(H,26,28). The predicted octanol–water partition coefficient (Wildman–Crippen LogP) is 3.79. The van der Waals surface area contributed by atoms with Gasteiger partial charge in [0, 0.05) is 37.6 Å². The molecule has 0 saturated carbocycles. The minimum Gasteiger partial charge on any atom is -0.355 e. The van der Waals surface area contributed by atoms with Crippen LogP contribution in [0, 0.1) is 5.92 Å². The molecule has 28 heavy (non-hydrogen) atoms. The molecular formula is C23H24N4O. The highest BCUT2D eigenvalue weighted by molar-refractivity contribution is 5.94. The molecule has 5 nitrogen and oxygen atoms in total. The van der Waals surface area contributed by atoms with Gasteiger partial charge in [0.15, 0.2) is 0 Å². The third kappa shape index (κ3) is 4.36. The molecule has 2 aromatic carbocycles. The van der Waals surface area contributed by atoms with E-state index in [9.17, 15) is 4.79 Å². The summed E-state index contributed by atoms with van der Waals surface area (Å²) < 4.78 is 0. The van der Waals surface area contributed by atoms with E-state index in [4.69, 9.17) is 0 Å². The number of hydrogen-bond acceptors (Lipinski definition) is 4. The summed E-state index contributed by atoms with van der Waals surface area (Å²) in [5.74, 6) is 1.43. The number of benzene rings is 2. The number of nitrogens with zero attached hydrogens (tertiary/aromatic N) is 3. The van der Waals surface area contributed by atoms with Crippen LogP contribution in [0.15, 0.2) is 73.2 Å². The third-order valence-electron chi connectivity index (χ3n) is 5.29. The maximum absolute atomic E-state index is 12.5. The fourth-order valence-corrected chi connectivity index (χ4v) is 3.60. The first kappa shape index (κ1) is 18.2. The number of hydrogen-bond donors (Lipinski definition) is 1. The Bertz CT molecular complexity index is 889. The van der Waals surface area contributed by atoms with Crippen LogP contribution in [0.1, 0.15) is 23.2 Å². The predicted molar refractivity (Wildman–Crippen MR) is 111 cm³/mol. The Balaban J connectivity index is 1.27. The van der Waals surface area contributed by atoms with Crippen LogP contribution in [0.3, 0.4) is 0 Å². The highest BCUT2D eigenvalue weighted by Crippen LogP contribution is 2.21. The van der Waals surface area contributed by atoms with Gasteiger partial charge in [0.2, 0.25) is 0 Å². The first-order chi connectivity index (χ1) is 13.8. The Kier molecular flexibility index (Phi) is 5.61. The molecule has 1 aliphatic heterocycles. The fourth-order valence-electron chi connectivity index (χ4n) is 3.60. The summed E-state index contributed by atoms with van der Waals surface area (Å²) in [5.41, 5.74) is 2.98. The normalized spacial score (nSPS) is 14.6. The zero-order valence-corrected chi connectivity index (χ0v) is 15.8. The summed E-state index contributed by atoms with van der Waals surface area (Å²) in [7, 11) is 0. The Labute approximate surface area is 165 Å². The molecule has 142 valence electrons. The van der Waals surface area contributed by atoms with Crippen molar-refractivity contribution in [2.24, 2.45) is 5.92 Å². The Morgan fingerprint density at radius 1 is 0.964 bits per heavy atom. The Hall–Kier alpha value is -3.21. The molecule has 4 rings (SSSR count). The van der Waals surface area contributed by atoms with E-state index in [0.717, 1.165) is 42.9 Å². The Morgan fingerprint density at radius 3 is 2.36 bits per heavy atom. The van der Waals surface area contributed by atoms with Crippen molar-refractivity contribution in [2.45, 2.75) is 12.8 Å². The maximum atomic E-state index is 12.5. The maximum Gasteiger partial charge on any atom is 0.251 e. The summed E-state index contributed by atoms with van der Waals surface area (Å²) >= 11 is 0. The van der Waals surface area contributed by atoms with Crippen LogP contribution < -0.4 is 10.2 Å². The van der Waals surface area contributed by atoms with Crippen LogP contribution in [0.2, 0.25) is 0 Å². The van der Waals surface area contributed by atoms with Crippen molar-refractivity contribution in [3.8, 4) is 11.1 Å². The lowest BCUT2D eigenvalue weighted by Gasteiger charge is -2.32. The molecule has 0 spiro atoms. The molecule has 2 heterocycles. The van der Waals surface area contributed by atoms with Crippen LogP contribution in [-0.2, 0) is 0 Å². The van der Waals surface area contributed by atoms with Crippen molar-refractivity contribution < 1.29 is 4.79 Å². The number of rotatable bonds is 5. The molecule has 0 unspecified atom stereocenters. The molecular weight excluding hydrogens is 348 g/mol. The molecule has 1 aromatic heterocycles. The van der Waals surface area contributed by atoms with E-state index in [-0.39, 0.29) is 5.91 Å². The van der Waals surface area contributed by atoms with Crippen molar-refractivity contribution in [2.75, 3.05) is 24.5 Å². The smallest absolute Gasteiger partial charge is 0.251 e. The van der Waals surface area contributed by atoms with Gasteiger partial charge in [-0.3, -0.25) is 9.78 Å². The van der Waals surface area contributed by atoms with E-state index >= 15 is 0 Å². The van der Waals surface area contributed by atoms with Gasteiger partial charge in [0.25, 0.3) is 5.91 Å². The zero-order valence-electron chi connectivity index (χ0n) is 15.8. The molecule has 0 bridgehead atoms. The summed E-state index contributed by atoms with van der Waals surface area (Å²) in [4.78, 5) is 23.2. The topological polar surface area (TPSA) is 58.1 Å². The van der Waals surface area contributed by atoms with Gasteiger partial charge in [-0.05, 0) is 42.0 Å². The molecule has 0 atom stereocenters. The first-order valence-corrected chi connectivity index (χ1v) is 9.74. The number of nitrogens with one attached hydrogen (secondary N) is 1. The van der Waals surface area contributed by atoms with Gasteiger partial charge in [0.1, 0.15) is 5.82 Å². The SMILES string of the molecule is O=C(NCC1CCN(c2cnccn2)CC1)c1ccc(-c2ccccc2)cc1. The van der Waals surface area contributed by atoms with Crippen LogP contribution in [0.5, 0.6) is 0 Å². The molecule has 5 heteroatoms. The van der Waals surface area contributed by atoms with Gasteiger partial charge in [-0.1, -0.05) is 42.5 Å². The second-order valence-corrected chi connectivity index (χ2v) is 7.15. The second-order valence-electron chi connectivity index (χ2n) is 7.15. The lowest BCUT2D eigenvalue weighted by molar-refractivity contribution is 0.0945. The largest absolute Gasteiger partial charge is 0.355 e. The fraction of sp³-hybridized carbons (Fsp3) is 0.261. The zero-order chi connectivity index (χ0) is 19.2. The average molecular weight is 372 g/mol. The van der Waals surface area contributed by atoms with Gasteiger partial charge in [-0.15, -0.1) is 0 Å². The van der Waals surface area contributed by atoms with E-state index in [2.05, 4.69) is 32.3 Å². The van der Waals surface area contributed by atoms with Gasteiger partial charge in [-0.2, -0.15) is 0 Å². The molecule has 1 saturated heterocycles. The van der Waals surface area contributed by atoms with E-state index in [0.29, 0.717) is 18.0 Å². The minimum absolute atomic E-state index is 0.00373. The van der Waals surface area contributed by atoms with Crippen molar-refractivity contribution in [3.05, 3.63) is 78.8 Å². The number of aromatic nitrogens is 2. The van der Waals surface area contributed by atoms with Gasteiger partial charge >= 0.3 is 0 Å². The van der Waals surface area contributed by atoms with Crippen molar-refractivity contribution in [1.29, 1.82) is 0 Å². The van der Waals surface area contributed by atoms with Gasteiger partial charge < -0.3 is 10.2 Å². The van der Waals surface area contributed by atoms with Gasteiger partial charge in [-0.25, -0.2) is 4.98 Å². The average Bonchev–Trinajstić information content (AvgIpc) is 2.79. The highest BCUT2D eigenvalue weighted by atomic mass is 16.1. The molecule has 1 amide bonds. The third-order valence-corrected chi connectivity index (χ3v) is 5.29. The number of carbonyl (C=O) groups is 1. The van der Waals surface area contributed by atoms with E-state index < -0.39 is 0 Å². The quantitative estimate of drug-likeness (QED) is 0.740. The summed E-state index contributed by atoms with van der Waals surface area (Å²) in [5, 5.41) is 3.10. The molecule has 3 aromatic rings. The highest BCUT2D eigenvalue weighted by Gasteiger charge is 2.20.